The van der Waals surface area contributed by atoms with E-state index in [9.17, 15) is 17.3 Å². The van der Waals surface area contributed by atoms with Crippen molar-refractivity contribution in [1.82, 2.24) is 20.1 Å². The van der Waals surface area contributed by atoms with Gasteiger partial charge in [-0.05, 0) is 16.9 Å². The molecule has 0 bridgehead atoms. The fourth-order valence-corrected chi connectivity index (χ4v) is 1.65. The van der Waals surface area contributed by atoms with Crippen molar-refractivity contribution in [2.24, 2.45) is 0 Å². The van der Waals surface area contributed by atoms with Crippen LogP contribution >= 0.6 is 0 Å². The third-order valence-corrected chi connectivity index (χ3v) is 2.36. The molecular weight excluding hydrogens is 321 g/mol. The fourth-order valence-electron chi connectivity index (χ4n) is 1.65. The molecule has 2 aromatic rings. The van der Waals surface area contributed by atoms with Crippen LogP contribution in [0.2, 0.25) is 0 Å². The summed E-state index contributed by atoms with van der Waals surface area (Å²) in [6.07, 6.45) is 0. The lowest BCUT2D eigenvalue weighted by atomic mass is 10.3. The van der Waals surface area contributed by atoms with E-state index in [0.29, 0.717) is 6.02 Å². The van der Waals surface area contributed by atoms with Crippen molar-refractivity contribution in [2.45, 2.75) is 0 Å². The number of amidine groups is 1. The van der Waals surface area contributed by atoms with Gasteiger partial charge in [-0.3, -0.25) is 4.90 Å². The number of hydroxylamine groups is 1. The number of fused-ring (bicyclic) bond motifs is 1. The lowest BCUT2D eigenvalue weighted by Crippen LogP contribution is -2.37. The van der Waals surface area contributed by atoms with E-state index in [0.717, 1.165) is 11.0 Å². The number of hydrogen-bond acceptors (Lipinski definition) is 4. The molecule has 0 saturated heterocycles. The molecule has 0 amide bonds. The molecule has 0 atom stereocenters. The van der Waals surface area contributed by atoms with Crippen molar-refractivity contribution < 1.29 is 31.7 Å². The Balaban J connectivity index is 0.000000463. The van der Waals surface area contributed by atoms with Crippen molar-refractivity contribution in [3.05, 3.63) is 24.3 Å². The monoisotopic (exact) mass is 337 g/mol. The molecule has 0 N–H and O–H groups in total. The minimum atomic E-state index is -6.00. The van der Waals surface area contributed by atoms with Crippen LogP contribution in [0.1, 0.15) is 0 Å². The molecule has 12 heteroatoms. The highest BCUT2D eigenvalue weighted by molar-refractivity contribution is 6.50. The van der Waals surface area contributed by atoms with Gasteiger partial charge in [0.05, 0.1) is 21.2 Å². The molecule has 0 unspecified atom stereocenters. The number of benzene rings is 1. The number of rotatable bonds is 2. The Morgan fingerprint density at radius 1 is 1.22 bits per heavy atom. The first kappa shape index (κ1) is 18.5. The number of nitrogens with zero attached hydrogens (tertiary/aromatic N) is 5. The number of hydrogen-bond donors (Lipinski definition) is 0. The Kier molecular flexibility index (Phi) is 6.16. The average molecular weight is 337 g/mol. The van der Waals surface area contributed by atoms with E-state index in [1.54, 1.807) is 19.1 Å². The van der Waals surface area contributed by atoms with E-state index in [1.807, 2.05) is 38.4 Å². The lowest BCUT2D eigenvalue weighted by molar-refractivity contribution is -0.769. The summed E-state index contributed by atoms with van der Waals surface area (Å²) in [6, 6.07) is 8.10. The molecule has 7 nitrogen and oxygen atoms in total. The van der Waals surface area contributed by atoms with Gasteiger partial charge in [-0.15, -0.1) is 10.0 Å². The highest BCUT2D eigenvalue weighted by Crippen LogP contribution is 2.08. The summed E-state index contributed by atoms with van der Waals surface area (Å²) >= 11 is 0. The summed E-state index contributed by atoms with van der Waals surface area (Å²) in [5.74, 6) is 0. The molecule has 0 spiro atoms. The molecular formula is C11H16BF4N5O2. The van der Waals surface area contributed by atoms with Gasteiger partial charge in [0.1, 0.15) is 12.6 Å². The minimum Gasteiger partial charge on any atom is -0.444 e. The zero-order valence-electron chi connectivity index (χ0n) is 13.0. The third kappa shape index (κ3) is 6.00. The largest absolute Gasteiger partial charge is 0.673 e. The Labute approximate surface area is 129 Å². The van der Waals surface area contributed by atoms with Gasteiger partial charge in [0.15, 0.2) is 5.52 Å². The number of aromatic nitrogens is 3. The van der Waals surface area contributed by atoms with E-state index in [4.69, 9.17) is 9.68 Å². The Hall–Kier alpha value is -2.53. The van der Waals surface area contributed by atoms with Gasteiger partial charge in [-0.1, -0.05) is 12.1 Å². The normalized spacial score (nSPS) is 12.2. The highest BCUT2D eigenvalue weighted by Gasteiger charge is 2.20. The predicted octanol–water partition coefficient (Wildman–Crippen LogP) is 1.28. The first-order chi connectivity index (χ1) is 10.6. The van der Waals surface area contributed by atoms with Gasteiger partial charge >= 0.3 is 13.3 Å². The second kappa shape index (κ2) is 7.65. The highest BCUT2D eigenvalue weighted by atomic mass is 19.5. The summed E-state index contributed by atoms with van der Waals surface area (Å²) < 4.78 is 45.7. The van der Waals surface area contributed by atoms with Gasteiger partial charge in [0, 0.05) is 10.1 Å². The fraction of sp³-hybridized carbons (Fsp3) is 0.364. The predicted molar refractivity (Wildman–Crippen MR) is 76.2 cm³/mol. The second-order valence-corrected chi connectivity index (χ2v) is 4.41. The number of halogens is 4. The maximum atomic E-state index is 9.75. The van der Waals surface area contributed by atoms with Crippen molar-refractivity contribution in [3.63, 3.8) is 0 Å². The van der Waals surface area contributed by atoms with Crippen molar-refractivity contribution >= 4 is 24.3 Å². The third-order valence-electron chi connectivity index (χ3n) is 2.36. The molecule has 0 aliphatic carbocycles. The smallest absolute Gasteiger partial charge is 0.444 e. The van der Waals surface area contributed by atoms with Crippen molar-refractivity contribution in [2.75, 3.05) is 28.3 Å². The maximum Gasteiger partial charge on any atom is 0.673 e. The van der Waals surface area contributed by atoms with Gasteiger partial charge in [0.25, 0.3) is 0 Å². The summed E-state index contributed by atoms with van der Waals surface area (Å²) in [5, 5.41) is 7.93. The molecule has 0 radical (unpaired) electrons. The van der Waals surface area contributed by atoms with Gasteiger partial charge < -0.3 is 22.0 Å². The molecule has 0 fully saturated rings. The summed E-state index contributed by atoms with van der Waals surface area (Å²) in [7, 11) is 1.03. The van der Waals surface area contributed by atoms with Crippen LogP contribution in [0.4, 0.5) is 17.3 Å². The van der Waals surface area contributed by atoms with E-state index in [1.165, 1.54) is 9.58 Å². The van der Waals surface area contributed by atoms with E-state index < -0.39 is 7.25 Å². The van der Waals surface area contributed by atoms with Gasteiger partial charge in [-0.2, -0.15) is 0 Å². The van der Waals surface area contributed by atoms with Crippen LogP contribution in [0.3, 0.4) is 0 Å². The lowest BCUT2D eigenvalue weighted by Gasteiger charge is -2.11. The first-order valence-electron chi connectivity index (χ1n) is 6.31. The topological polar surface area (TPSA) is 55.4 Å². The molecule has 1 aromatic heterocycles. The van der Waals surface area contributed by atoms with Crippen LogP contribution in [-0.2, 0) is 4.74 Å². The average Bonchev–Trinajstić information content (AvgIpc) is 2.81. The Bertz CT molecular complexity index is 668. The molecule has 128 valence electrons. The van der Waals surface area contributed by atoms with Gasteiger partial charge in [-0.25, -0.2) is 0 Å². The van der Waals surface area contributed by atoms with E-state index in [-0.39, 0.29) is 0 Å². The van der Waals surface area contributed by atoms with Crippen LogP contribution < -0.4 is 4.94 Å². The van der Waals surface area contributed by atoms with Crippen LogP contribution in [0, 0.1) is 0 Å². The molecule has 0 aliphatic heterocycles. The second-order valence-electron chi connectivity index (χ2n) is 4.41. The summed E-state index contributed by atoms with van der Waals surface area (Å²) in [4.78, 5) is 8.69. The molecule has 2 rings (SSSR count). The standard InChI is InChI=1S/C11H16N5O2.BF4/c1-14(2)11(17-4)15(3)18-16-10-8-6-5-7-9(10)12-13-16;2-1(3,4)5/h5-8H,1-4H3;/q+1;-1. The van der Waals surface area contributed by atoms with Crippen LogP contribution in [0.15, 0.2) is 24.3 Å². The SMILES string of the molecule is CO/C(N(C)C)=[N+](/C)On1nnc2ccccc21.F[B-](F)(F)F. The zero-order valence-corrected chi connectivity index (χ0v) is 13.0. The van der Waals surface area contributed by atoms with Crippen LogP contribution in [-0.4, -0.2) is 66.3 Å². The first-order valence-corrected chi connectivity index (χ1v) is 6.31. The molecule has 0 aliphatic rings. The molecule has 1 heterocycles. The van der Waals surface area contributed by atoms with E-state index in [2.05, 4.69) is 10.3 Å². The molecule has 0 saturated carbocycles. The summed E-state index contributed by atoms with van der Waals surface area (Å²) in [6.45, 7) is 0. The number of para-hydroxylation sites is 1. The molecule has 1 aromatic carbocycles. The summed E-state index contributed by atoms with van der Waals surface area (Å²) in [5.41, 5.74) is 1.56. The van der Waals surface area contributed by atoms with Crippen LogP contribution in [0.25, 0.3) is 11.0 Å². The Morgan fingerprint density at radius 2 is 1.78 bits per heavy atom. The Morgan fingerprint density at radius 3 is 2.30 bits per heavy atom. The van der Waals surface area contributed by atoms with Gasteiger partial charge in [0.2, 0.25) is 0 Å². The molecule has 23 heavy (non-hydrogen) atoms. The number of ether oxygens (including phenoxy) is 1. The van der Waals surface area contributed by atoms with Crippen molar-refractivity contribution in [3.8, 4) is 0 Å². The maximum absolute atomic E-state index is 9.75. The van der Waals surface area contributed by atoms with E-state index >= 15 is 0 Å². The van der Waals surface area contributed by atoms with Crippen molar-refractivity contribution in [1.29, 1.82) is 0 Å². The quantitative estimate of drug-likeness (QED) is 0.206. The number of methoxy groups -OCH3 is 1. The minimum absolute atomic E-state index is 0.551. The van der Waals surface area contributed by atoms with Crippen LogP contribution in [0.5, 0.6) is 0 Å². The zero-order chi connectivity index (χ0) is 17.6.